The number of benzene rings is 2. The fraction of sp³-hybridized carbons (Fsp3) is 0.0556. The molecule has 0 aliphatic heterocycles. The fourth-order valence-corrected chi connectivity index (χ4v) is 4.50. The van der Waals surface area contributed by atoms with Gasteiger partial charge in [-0.15, -0.1) is 21.5 Å². The van der Waals surface area contributed by atoms with Gasteiger partial charge in [0.05, 0.1) is 15.7 Å². The largest absolute Gasteiger partial charge is 0.410 e. The number of halogens is 1. The van der Waals surface area contributed by atoms with Crippen LogP contribution in [0.2, 0.25) is 5.02 Å². The van der Waals surface area contributed by atoms with Crippen LogP contribution in [0.3, 0.4) is 0 Å². The van der Waals surface area contributed by atoms with Gasteiger partial charge in [0.2, 0.25) is 5.91 Å². The standard InChI is InChI=1S/C18H11ClN4O4S2/c19-15-12-3-1-2-4-13(12)29-16(15)17-21-22-18(27-17)28-9-14(24)20-10-5-7-11(8-6-10)23(25)26/h1-8H,9H2,(H,20,24). The number of carbonyl (C=O) groups excluding carboxylic acids is 1. The molecule has 0 saturated carbocycles. The molecule has 11 heteroatoms. The molecular weight excluding hydrogens is 436 g/mol. The number of anilines is 1. The second kappa shape index (κ2) is 8.19. The third-order valence-corrected chi connectivity index (χ3v) is 6.31. The molecule has 8 nitrogen and oxygen atoms in total. The van der Waals surface area contributed by atoms with Crippen LogP contribution >= 0.6 is 34.7 Å². The molecule has 0 aliphatic carbocycles. The van der Waals surface area contributed by atoms with Crippen molar-refractivity contribution in [3.8, 4) is 10.8 Å². The van der Waals surface area contributed by atoms with Gasteiger partial charge in [0.15, 0.2) is 0 Å². The van der Waals surface area contributed by atoms with Crippen molar-refractivity contribution in [1.29, 1.82) is 0 Å². The van der Waals surface area contributed by atoms with E-state index in [2.05, 4.69) is 15.5 Å². The molecule has 0 aliphatic rings. The Kier molecular flexibility index (Phi) is 5.47. The average Bonchev–Trinajstić information content (AvgIpc) is 3.32. The van der Waals surface area contributed by atoms with E-state index >= 15 is 0 Å². The highest BCUT2D eigenvalue weighted by atomic mass is 35.5. The smallest absolute Gasteiger partial charge is 0.277 e. The van der Waals surface area contributed by atoms with Crippen molar-refractivity contribution in [3.05, 3.63) is 63.7 Å². The molecule has 0 bridgehead atoms. The number of nitro benzene ring substituents is 1. The third kappa shape index (κ3) is 4.24. The summed E-state index contributed by atoms with van der Waals surface area (Å²) in [6.45, 7) is 0. The monoisotopic (exact) mass is 446 g/mol. The number of hydrogen-bond donors (Lipinski definition) is 1. The second-order valence-corrected chi connectivity index (χ2v) is 8.11. The number of nitrogens with one attached hydrogen (secondary N) is 1. The minimum atomic E-state index is -0.503. The number of thiophene rings is 1. The highest BCUT2D eigenvalue weighted by Crippen LogP contribution is 2.41. The summed E-state index contributed by atoms with van der Waals surface area (Å²) in [4.78, 5) is 22.9. The lowest BCUT2D eigenvalue weighted by atomic mass is 10.2. The zero-order valence-corrected chi connectivity index (χ0v) is 16.9. The minimum absolute atomic E-state index is 0.0404. The normalized spacial score (nSPS) is 10.9. The summed E-state index contributed by atoms with van der Waals surface area (Å²) in [5.74, 6) is 0.0386. The molecule has 0 fully saturated rings. The maximum atomic E-state index is 12.1. The zero-order valence-electron chi connectivity index (χ0n) is 14.5. The van der Waals surface area contributed by atoms with Crippen LogP contribution in [0.1, 0.15) is 0 Å². The summed E-state index contributed by atoms with van der Waals surface area (Å²) in [7, 11) is 0. The van der Waals surface area contributed by atoms with Crippen molar-refractivity contribution < 1.29 is 14.1 Å². The van der Waals surface area contributed by atoms with E-state index in [9.17, 15) is 14.9 Å². The van der Waals surface area contributed by atoms with Crippen molar-refractivity contribution in [2.24, 2.45) is 0 Å². The number of nitro groups is 1. The number of rotatable bonds is 6. The van der Waals surface area contributed by atoms with E-state index in [4.69, 9.17) is 16.0 Å². The predicted molar refractivity (Wildman–Crippen MR) is 113 cm³/mol. The predicted octanol–water partition coefficient (Wildman–Crippen LogP) is 5.24. The zero-order chi connectivity index (χ0) is 20.4. The van der Waals surface area contributed by atoms with E-state index in [0.717, 1.165) is 21.8 Å². The summed E-state index contributed by atoms with van der Waals surface area (Å²) in [5, 5.41) is 23.0. The van der Waals surface area contributed by atoms with E-state index in [0.29, 0.717) is 21.5 Å². The van der Waals surface area contributed by atoms with Crippen LogP contribution in [0.15, 0.2) is 58.2 Å². The molecular formula is C18H11ClN4O4S2. The molecule has 0 atom stereocenters. The number of fused-ring (bicyclic) bond motifs is 1. The first-order valence-corrected chi connectivity index (χ1v) is 10.4. The molecule has 1 N–H and O–H groups in total. The van der Waals surface area contributed by atoms with Crippen LogP contribution in [0.4, 0.5) is 11.4 Å². The van der Waals surface area contributed by atoms with Crippen molar-refractivity contribution >= 4 is 62.1 Å². The molecule has 0 radical (unpaired) electrons. The van der Waals surface area contributed by atoms with E-state index < -0.39 is 4.92 Å². The van der Waals surface area contributed by atoms with Gasteiger partial charge in [0, 0.05) is 27.9 Å². The van der Waals surface area contributed by atoms with Crippen molar-refractivity contribution in [2.75, 3.05) is 11.1 Å². The SMILES string of the molecule is O=C(CSc1nnc(-c2sc3ccccc3c2Cl)o1)Nc1ccc([N+](=O)[O-])cc1. The topological polar surface area (TPSA) is 111 Å². The number of hydrogen-bond acceptors (Lipinski definition) is 8. The lowest BCUT2D eigenvalue weighted by molar-refractivity contribution is -0.384. The maximum absolute atomic E-state index is 12.1. The molecule has 0 spiro atoms. The van der Waals surface area contributed by atoms with E-state index in [1.807, 2.05) is 24.3 Å². The first-order chi connectivity index (χ1) is 14.0. The van der Waals surface area contributed by atoms with Gasteiger partial charge in [0.1, 0.15) is 4.88 Å². The van der Waals surface area contributed by atoms with Crippen LogP contribution in [-0.2, 0) is 4.79 Å². The van der Waals surface area contributed by atoms with E-state index in [1.54, 1.807) is 0 Å². The Bertz CT molecular complexity index is 1210. The van der Waals surface area contributed by atoms with Crippen molar-refractivity contribution in [2.45, 2.75) is 5.22 Å². The quantitative estimate of drug-likeness (QED) is 0.245. The molecule has 2 heterocycles. The Morgan fingerprint density at radius 2 is 1.97 bits per heavy atom. The molecule has 2 aromatic carbocycles. The molecule has 2 aromatic heterocycles. The molecule has 0 unspecified atom stereocenters. The summed E-state index contributed by atoms with van der Waals surface area (Å²) < 4.78 is 6.65. The van der Waals surface area contributed by atoms with Gasteiger partial charge in [-0.2, -0.15) is 0 Å². The molecule has 1 amide bonds. The summed E-state index contributed by atoms with van der Waals surface area (Å²) in [5.41, 5.74) is 0.417. The van der Waals surface area contributed by atoms with E-state index in [1.165, 1.54) is 35.6 Å². The third-order valence-electron chi connectivity index (χ3n) is 3.82. The van der Waals surface area contributed by atoms with Crippen molar-refractivity contribution in [3.63, 3.8) is 0 Å². The van der Waals surface area contributed by atoms with Crippen LogP contribution in [0, 0.1) is 10.1 Å². The van der Waals surface area contributed by atoms with Crippen molar-refractivity contribution in [1.82, 2.24) is 10.2 Å². The van der Waals surface area contributed by atoms with Gasteiger partial charge in [-0.25, -0.2) is 0 Å². The molecule has 146 valence electrons. The maximum Gasteiger partial charge on any atom is 0.277 e. The Balaban J connectivity index is 1.39. The highest BCUT2D eigenvalue weighted by Gasteiger charge is 2.18. The summed E-state index contributed by atoms with van der Waals surface area (Å²) in [6, 6.07) is 13.3. The van der Waals surface area contributed by atoms with Crippen LogP contribution in [0.5, 0.6) is 0 Å². The summed E-state index contributed by atoms with van der Waals surface area (Å²) in [6.07, 6.45) is 0. The number of amides is 1. The Labute approximate surface area is 177 Å². The molecule has 4 aromatic rings. The van der Waals surface area contributed by atoms with Crippen LogP contribution in [-0.4, -0.2) is 26.8 Å². The minimum Gasteiger partial charge on any atom is -0.410 e. The first kappa shape index (κ1) is 19.4. The van der Waals surface area contributed by atoms with Crippen LogP contribution < -0.4 is 5.32 Å². The average molecular weight is 447 g/mol. The molecule has 0 saturated heterocycles. The Morgan fingerprint density at radius 1 is 1.21 bits per heavy atom. The fourth-order valence-electron chi connectivity index (χ4n) is 2.50. The number of carbonyl (C=O) groups is 1. The van der Waals surface area contributed by atoms with Gasteiger partial charge >= 0.3 is 0 Å². The van der Waals surface area contributed by atoms with E-state index in [-0.39, 0.29) is 22.6 Å². The van der Waals surface area contributed by atoms with Gasteiger partial charge in [-0.3, -0.25) is 14.9 Å². The van der Waals surface area contributed by atoms with Gasteiger partial charge in [-0.05, 0) is 18.2 Å². The Hall–Kier alpha value is -2.95. The molecule has 29 heavy (non-hydrogen) atoms. The number of thioether (sulfide) groups is 1. The highest BCUT2D eigenvalue weighted by molar-refractivity contribution is 7.99. The molecule has 4 rings (SSSR count). The Morgan fingerprint density at radius 3 is 2.69 bits per heavy atom. The first-order valence-electron chi connectivity index (χ1n) is 8.19. The number of non-ortho nitro benzene ring substituents is 1. The number of aromatic nitrogens is 2. The van der Waals surface area contributed by atoms with Crippen LogP contribution in [0.25, 0.3) is 20.9 Å². The van der Waals surface area contributed by atoms with Gasteiger partial charge < -0.3 is 9.73 Å². The lowest BCUT2D eigenvalue weighted by Crippen LogP contribution is -2.13. The summed E-state index contributed by atoms with van der Waals surface area (Å²) >= 11 is 8.96. The second-order valence-electron chi connectivity index (χ2n) is 5.76. The van der Waals surface area contributed by atoms with Gasteiger partial charge in [-0.1, -0.05) is 41.6 Å². The number of nitrogens with zero attached hydrogens (tertiary/aromatic N) is 3. The lowest BCUT2D eigenvalue weighted by Gasteiger charge is -2.03. The van der Waals surface area contributed by atoms with Gasteiger partial charge in [0.25, 0.3) is 16.8 Å².